The van der Waals surface area contributed by atoms with Gasteiger partial charge in [-0.1, -0.05) is 17.7 Å². The van der Waals surface area contributed by atoms with Crippen LogP contribution in [-0.2, 0) is 4.74 Å². The molecule has 0 bridgehead atoms. The van der Waals surface area contributed by atoms with Gasteiger partial charge in [-0.15, -0.1) is 0 Å². The zero-order valence-electron chi connectivity index (χ0n) is 11.7. The highest BCUT2D eigenvalue weighted by molar-refractivity contribution is 5.26. The molecule has 19 heavy (non-hydrogen) atoms. The molecule has 4 heteroatoms. The number of hydrogen-bond donors (Lipinski definition) is 2. The van der Waals surface area contributed by atoms with E-state index in [1.165, 1.54) is 5.56 Å². The van der Waals surface area contributed by atoms with Crippen LogP contribution in [0.1, 0.15) is 24.8 Å². The molecule has 2 unspecified atom stereocenters. The van der Waals surface area contributed by atoms with Gasteiger partial charge in [0, 0.05) is 7.11 Å². The largest absolute Gasteiger partial charge is 0.491 e. The molecule has 1 rings (SSSR count). The molecule has 0 aromatic heterocycles. The standard InChI is InChI=1S/C15H24O4/c1-12-6-8-15(9-7-12)19-11-14(17)5-3-4-13(16)10-18-2/h6-9,13-14,16-17H,3-5,10-11H2,1-2H3. The van der Waals surface area contributed by atoms with Crippen molar-refractivity contribution in [3.05, 3.63) is 29.8 Å². The van der Waals surface area contributed by atoms with Gasteiger partial charge in [-0.05, 0) is 38.3 Å². The lowest BCUT2D eigenvalue weighted by atomic mass is 10.1. The minimum absolute atomic E-state index is 0.281. The van der Waals surface area contributed by atoms with Crippen molar-refractivity contribution in [1.82, 2.24) is 0 Å². The van der Waals surface area contributed by atoms with Crippen molar-refractivity contribution in [3.8, 4) is 5.75 Å². The summed E-state index contributed by atoms with van der Waals surface area (Å²) in [6.07, 6.45) is 1.05. The number of methoxy groups -OCH3 is 1. The van der Waals surface area contributed by atoms with E-state index < -0.39 is 12.2 Å². The van der Waals surface area contributed by atoms with E-state index in [0.717, 1.165) is 12.2 Å². The summed E-state index contributed by atoms with van der Waals surface area (Å²) in [4.78, 5) is 0. The third kappa shape index (κ3) is 7.15. The number of rotatable bonds is 9. The smallest absolute Gasteiger partial charge is 0.119 e. The van der Waals surface area contributed by atoms with Crippen molar-refractivity contribution in [1.29, 1.82) is 0 Å². The maximum atomic E-state index is 9.77. The van der Waals surface area contributed by atoms with Crippen LogP contribution in [0.4, 0.5) is 0 Å². The molecule has 0 fully saturated rings. The van der Waals surface area contributed by atoms with Crippen LogP contribution in [0.25, 0.3) is 0 Å². The highest BCUT2D eigenvalue weighted by Gasteiger charge is 2.08. The second-order valence-corrected chi connectivity index (χ2v) is 4.82. The number of aliphatic hydroxyl groups is 2. The van der Waals surface area contributed by atoms with E-state index in [2.05, 4.69) is 0 Å². The van der Waals surface area contributed by atoms with Crippen molar-refractivity contribution in [2.45, 2.75) is 38.4 Å². The zero-order chi connectivity index (χ0) is 14.1. The van der Waals surface area contributed by atoms with Crippen LogP contribution in [0, 0.1) is 6.92 Å². The van der Waals surface area contributed by atoms with Crippen molar-refractivity contribution in [2.75, 3.05) is 20.3 Å². The van der Waals surface area contributed by atoms with Gasteiger partial charge in [0.15, 0.2) is 0 Å². The van der Waals surface area contributed by atoms with Crippen LogP contribution in [0.15, 0.2) is 24.3 Å². The summed E-state index contributed by atoms with van der Waals surface area (Å²) in [5.41, 5.74) is 1.18. The molecule has 0 saturated heterocycles. The average molecular weight is 268 g/mol. The van der Waals surface area contributed by atoms with E-state index >= 15 is 0 Å². The lowest BCUT2D eigenvalue weighted by Crippen LogP contribution is -2.19. The minimum Gasteiger partial charge on any atom is -0.491 e. The summed E-state index contributed by atoms with van der Waals surface area (Å²) in [7, 11) is 1.56. The zero-order valence-corrected chi connectivity index (χ0v) is 11.7. The van der Waals surface area contributed by atoms with E-state index in [9.17, 15) is 10.2 Å². The van der Waals surface area contributed by atoms with Crippen LogP contribution in [0.3, 0.4) is 0 Å². The Bertz CT molecular complexity index is 337. The lowest BCUT2D eigenvalue weighted by molar-refractivity contribution is 0.0505. The number of aryl methyl sites for hydroxylation is 1. The average Bonchev–Trinajstić information content (AvgIpc) is 2.38. The fourth-order valence-electron chi connectivity index (χ4n) is 1.78. The van der Waals surface area contributed by atoms with Gasteiger partial charge in [0.05, 0.1) is 18.8 Å². The molecule has 0 amide bonds. The SMILES string of the molecule is COCC(O)CCCC(O)COc1ccc(C)cc1. The van der Waals surface area contributed by atoms with Crippen molar-refractivity contribution < 1.29 is 19.7 Å². The molecule has 0 aliphatic rings. The first kappa shape index (κ1) is 16.0. The predicted molar refractivity (Wildman–Crippen MR) is 74.4 cm³/mol. The number of ether oxygens (including phenoxy) is 2. The Morgan fingerprint density at radius 3 is 2.16 bits per heavy atom. The van der Waals surface area contributed by atoms with Crippen LogP contribution < -0.4 is 4.74 Å². The van der Waals surface area contributed by atoms with Crippen LogP contribution in [0.2, 0.25) is 0 Å². The van der Waals surface area contributed by atoms with E-state index in [-0.39, 0.29) is 6.61 Å². The van der Waals surface area contributed by atoms with Gasteiger partial charge in [-0.2, -0.15) is 0 Å². The first-order valence-electron chi connectivity index (χ1n) is 6.66. The highest BCUT2D eigenvalue weighted by atomic mass is 16.5. The molecule has 0 aliphatic heterocycles. The summed E-state index contributed by atoms with van der Waals surface area (Å²) in [6.45, 7) is 2.64. The first-order valence-corrected chi connectivity index (χ1v) is 6.66. The van der Waals surface area contributed by atoms with Crippen LogP contribution >= 0.6 is 0 Å². The predicted octanol–water partition coefficient (Wildman–Crippen LogP) is 1.91. The van der Waals surface area contributed by atoms with E-state index in [0.29, 0.717) is 19.4 Å². The Kier molecular flexibility index (Phi) is 7.48. The van der Waals surface area contributed by atoms with Crippen LogP contribution in [0.5, 0.6) is 5.75 Å². The third-order valence-electron chi connectivity index (χ3n) is 2.90. The number of benzene rings is 1. The van der Waals surface area contributed by atoms with Gasteiger partial charge in [0.2, 0.25) is 0 Å². The topological polar surface area (TPSA) is 58.9 Å². The Labute approximate surface area is 115 Å². The molecule has 2 atom stereocenters. The molecule has 0 saturated carbocycles. The fraction of sp³-hybridized carbons (Fsp3) is 0.600. The van der Waals surface area contributed by atoms with Crippen molar-refractivity contribution in [3.63, 3.8) is 0 Å². The van der Waals surface area contributed by atoms with Gasteiger partial charge in [0.25, 0.3) is 0 Å². The minimum atomic E-state index is -0.504. The Balaban J connectivity index is 2.14. The second-order valence-electron chi connectivity index (χ2n) is 4.82. The van der Waals surface area contributed by atoms with Crippen molar-refractivity contribution >= 4 is 0 Å². The molecule has 0 aliphatic carbocycles. The first-order chi connectivity index (χ1) is 9.11. The van der Waals surface area contributed by atoms with E-state index in [1.54, 1.807) is 7.11 Å². The summed E-state index contributed by atoms with van der Waals surface area (Å²) in [6, 6.07) is 7.74. The Morgan fingerprint density at radius 2 is 1.58 bits per heavy atom. The fourth-order valence-corrected chi connectivity index (χ4v) is 1.78. The molecular weight excluding hydrogens is 244 g/mol. The monoisotopic (exact) mass is 268 g/mol. The quantitative estimate of drug-likeness (QED) is 0.718. The normalized spacial score (nSPS) is 14.1. The maximum Gasteiger partial charge on any atom is 0.119 e. The molecular formula is C15H24O4. The van der Waals surface area contributed by atoms with Crippen molar-refractivity contribution in [2.24, 2.45) is 0 Å². The molecule has 0 radical (unpaired) electrons. The maximum absolute atomic E-state index is 9.77. The van der Waals surface area contributed by atoms with Crippen LogP contribution in [-0.4, -0.2) is 42.7 Å². The van der Waals surface area contributed by atoms with E-state index in [1.807, 2.05) is 31.2 Å². The molecule has 4 nitrogen and oxygen atoms in total. The number of hydrogen-bond acceptors (Lipinski definition) is 4. The third-order valence-corrected chi connectivity index (χ3v) is 2.90. The molecule has 0 heterocycles. The summed E-state index contributed by atoms with van der Waals surface area (Å²) in [5.74, 6) is 0.768. The van der Waals surface area contributed by atoms with Gasteiger partial charge in [-0.25, -0.2) is 0 Å². The molecule has 1 aromatic rings. The van der Waals surface area contributed by atoms with Gasteiger partial charge in [0.1, 0.15) is 12.4 Å². The van der Waals surface area contributed by atoms with E-state index in [4.69, 9.17) is 9.47 Å². The summed E-state index contributed by atoms with van der Waals surface area (Å²) >= 11 is 0. The Morgan fingerprint density at radius 1 is 1.00 bits per heavy atom. The molecule has 1 aromatic carbocycles. The highest BCUT2D eigenvalue weighted by Crippen LogP contribution is 2.12. The van der Waals surface area contributed by atoms with Gasteiger partial charge in [-0.3, -0.25) is 0 Å². The molecule has 108 valence electrons. The molecule has 0 spiro atoms. The van der Waals surface area contributed by atoms with Gasteiger partial charge >= 0.3 is 0 Å². The summed E-state index contributed by atoms with van der Waals surface area (Å²) in [5, 5.41) is 19.2. The number of aliphatic hydroxyl groups excluding tert-OH is 2. The Hall–Kier alpha value is -1.10. The lowest BCUT2D eigenvalue weighted by Gasteiger charge is -2.14. The molecule has 2 N–H and O–H groups in total. The van der Waals surface area contributed by atoms with Gasteiger partial charge < -0.3 is 19.7 Å². The second kappa shape index (κ2) is 8.91. The summed E-state index contributed by atoms with van der Waals surface area (Å²) < 4.78 is 10.3.